The van der Waals surface area contributed by atoms with Crippen molar-refractivity contribution < 1.29 is 4.74 Å². The average Bonchev–Trinajstić information content (AvgIpc) is 2.99. The molecule has 0 bridgehead atoms. The molecule has 0 aliphatic carbocycles. The zero-order valence-electron chi connectivity index (χ0n) is 14.9. The maximum absolute atomic E-state index is 5.97. The van der Waals surface area contributed by atoms with Crippen LogP contribution in [0.3, 0.4) is 0 Å². The summed E-state index contributed by atoms with van der Waals surface area (Å²) in [7, 11) is 0. The Hall–Kier alpha value is -0.820. The first-order valence-corrected chi connectivity index (χ1v) is 9.80. The second-order valence-corrected chi connectivity index (χ2v) is 8.29. The molecule has 0 amide bonds. The maximum Gasteiger partial charge on any atom is 0.191 e. The third-order valence-electron chi connectivity index (χ3n) is 4.13. The lowest BCUT2D eigenvalue weighted by molar-refractivity contribution is -0.00683. The van der Waals surface area contributed by atoms with Gasteiger partial charge in [-0.25, -0.2) is 0 Å². The predicted molar refractivity (Wildman–Crippen MR) is 103 cm³/mol. The van der Waals surface area contributed by atoms with Gasteiger partial charge in [-0.2, -0.15) is 0 Å². The molecule has 1 aromatic heterocycles. The Bertz CT molecular complexity index is 526. The molecule has 1 aromatic rings. The number of hydrogen-bond donors (Lipinski definition) is 2. The van der Waals surface area contributed by atoms with Crippen molar-refractivity contribution in [2.45, 2.75) is 32.7 Å². The van der Waals surface area contributed by atoms with Crippen molar-refractivity contribution in [1.82, 2.24) is 15.5 Å². The summed E-state index contributed by atoms with van der Waals surface area (Å²) in [6.45, 7) is 12.6. The van der Waals surface area contributed by atoms with E-state index < -0.39 is 0 Å². The van der Waals surface area contributed by atoms with Gasteiger partial charge >= 0.3 is 0 Å². The number of ether oxygens (including phenoxy) is 1. The Morgan fingerprint density at radius 1 is 1.33 bits per heavy atom. The van der Waals surface area contributed by atoms with Gasteiger partial charge in [-0.1, -0.05) is 11.6 Å². The summed E-state index contributed by atoms with van der Waals surface area (Å²) in [5.74, 6) is 0.876. The molecule has 5 nitrogen and oxygen atoms in total. The number of thiophene rings is 1. The standard InChI is InChI=1S/C17H29ClN4OS/c1-4-19-16(20-8-7-14-5-6-15(18)24-14)21-13-17(2,3)22-9-11-23-12-10-22/h5-6H,4,7-13H2,1-3H3,(H2,19,20,21). The summed E-state index contributed by atoms with van der Waals surface area (Å²) in [5, 5.41) is 6.74. The Labute approximate surface area is 154 Å². The van der Waals surface area contributed by atoms with Crippen LogP contribution in [-0.4, -0.2) is 62.3 Å². The first-order chi connectivity index (χ1) is 11.5. The summed E-state index contributed by atoms with van der Waals surface area (Å²) in [4.78, 5) is 8.53. The third kappa shape index (κ3) is 6.24. The van der Waals surface area contributed by atoms with Gasteiger partial charge in [0.15, 0.2) is 5.96 Å². The van der Waals surface area contributed by atoms with Gasteiger partial charge in [-0.15, -0.1) is 11.3 Å². The second kappa shape index (κ2) is 9.61. The fourth-order valence-corrected chi connectivity index (χ4v) is 3.76. The van der Waals surface area contributed by atoms with Crippen molar-refractivity contribution >= 4 is 28.9 Å². The van der Waals surface area contributed by atoms with E-state index in [0.29, 0.717) is 0 Å². The number of hydrogen-bond acceptors (Lipinski definition) is 4. The maximum atomic E-state index is 5.97. The van der Waals surface area contributed by atoms with Crippen LogP contribution in [0.25, 0.3) is 0 Å². The van der Waals surface area contributed by atoms with Crippen molar-refractivity contribution in [1.29, 1.82) is 0 Å². The van der Waals surface area contributed by atoms with E-state index in [2.05, 4.69) is 42.4 Å². The molecule has 0 radical (unpaired) electrons. The van der Waals surface area contributed by atoms with Crippen molar-refractivity contribution in [3.8, 4) is 0 Å². The Kier molecular flexibility index (Phi) is 7.81. The molecule has 1 saturated heterocycles. The van der Waals surface area contributed by atoms with Gasteiger partial charge < -0.3 is 15.4 Å². The molecule has 0 saturated carbocycles. The molecular weight excluding hydrogens is 344 g/mol. The van der Waals surface area contributed by atoms with Crippen LogP contribution >= 0.6 is 22.9 Å². The van der Waals surface area contributed by atoms with Crippen LogP contribution in [-0.2, 0) is 11.2 Å². The topological polar surface area (TPSA) is 48.9 Å². The molecule has 2 N–H and O–H groups in total. The number of halogens is 1. The highest BCUT2D eigenvalue weighted by Crippen LogP contribution is 2.21. The lowest BCUT2D eigenvalue weighted by Crippen LogP contribution is -2.52. The van der Waals surface area contributed by atoms with E-state index in [-0.39, 0.29) is 5.54 Å². The van der Waals surface area contributed by atoms with E-state index in [1.807, 2.05) is 6.07 Å². The third-order valence-corrected chi connectivity index (χ3v) is 5.42. The number of guanidine groups is 1. The van der Waals surface area contributed by atoms with Crippen LogP contribution < -0.4 is 10.6 Å². The van der Waals surface area contributed by atoms with E-state index in [4.69, 9.17) is 21.3 Å². The number of morpholine rings is 1. The minimum Gasteiger partial charge on any atom is -0.379 e. The van der Waals surface area contributed by atoms with E-state index in [9.17, 15) is 0 Å². The molecule has 1 fully saturated rings. The Morgan fingerprint density at radius 3 is 2.71 bits per heavy atom. The molecule has 0 spiro atoms. The summed E-state index contributed by atoms with van der Waals surface area (Å²) in [6, 6.07) is 4.03. The van der Waals surface area contributed by atoms with Crippen LogP contribution in [0, 0.1) is 0 Å². The largest absolute Gasteiger partial charge is 0.379 e. The quantitative estimate of drug-likeness (QED) is 0.570. The minimum atomic E-state index is 0.0351. The lowest BCUT2D eigenvalue weighted by atomic mass is 10.0. The molecule has 24 heavy (non-hydrogen) atoms. The predicted octanol–water partition coefficient (Wildman–Crippen LogP) is 2.61. The minimum absolute atomic E-state index is 0.0351. The fraction of sp³-hybridized carbons (Fsp3) is 0.706. The van der Waals surface area contributed by atoms with Gasteiger partial charge in [0.2, 0.25) is 0 Å². The van der Waals surface area contributed by atoms with E-state index in [0.717, 1.165) is 62.7 Å². The molecule has 136 valence electrons. The zero-order valence-corrected chi connectivity index (χ0v) is 16.5. The van der Waals surface area contributed by atoms with Crippen LogP contribution in [0.4, 0.5) is 0 Å². The van der Waals surface area contributed by atoms with Crippen molar-refractivity contribution in [3.63, 3.8) is 0 Å². The van der Waals surface area contributed by atoms with Crippen LogP contribution in [0.15, 0.2) is 17.1 Å². The number of rotatable bonds is 7. The average molecular weight is 373 g/mol. The highest BCUT2D eigenvalue weighted by molar-refractivity contribution is 7.16. The number of nitrogens with one attached hydrogen (secondary N) is 2. The molecule has 0 unspecified atom stereocenters. The summed E-state index contributed by atoms with van der Waals surface area (Å²) < 4.78 is 6.29. The van der Waals surface area contributed by atoms with Gasteiger partial charge in [0, 0.05) is 36.6 Å². The monoisotopic (exact) mass is 372 g/mol. The van der Waals surface area contributed by atoms with E-state index in [1.165, 1.54) is 4.88 Å². The highest BCUT2D eigenvalue weighted by Gasteiger charge is 2.28. The molecule has 1 aliphatic heterocycles. The molecule has 7 heteroatoms. The van der Waals surface area contributed by atoms with Crippen molar-refractivity contribution in [2.24, 2.45) is 4.99 Å². The summed E-state index contributed by atoms with van der Waals surface area (Å²) in [6.07, 6.45) is 0.953. The molecule has 2 rings (SSSR count). The second-order valence-electron chi connectivity index (χ2n) is 6.49. The Balaban J connectivity index is 1.84. The fourth-order valence-electron chi connectivity index (χ4n) is 2.67. The van der Waals surface area contributed by atoms with Gasteiger partial charge in [-0.3, -0.25) is 9.89 Å². The highest BCUT2D eigenvalue weighted by atomic mass is 35.5. The van der Waals surface area contributed by atoms with Gasteiger partial charge in [0.25, 0.3) is 0 Å². The van der Waals surface area contributed by atoms with Crippen LogP contribution in [0.2, 0.25) is 4.34 Å². The van der Waals surface area contributed by atoms with Crippen molar-refractivity contribution in [3.05, 3.63) is 21.3 Å². The SMILES string of the molecule is CCNC(=NCC(C)(C)N1CCOCC1)NCCc1ccc(Cl)s1. The van der Waals surface area contributed by atoms with E-state index >= 15 is 0 Å². The summed E-state index contributed by atoms with van der Waals surface area (Å²) in [5.41, 5.74) is 0.0351. The molecule has 0 aromatic carbocycles. The lowest BCUT2D eigenvalue weighted by Gasteiger charge is -2.39. The molecule has 1 aliphatic rings. The molecule has 0 atom stereocenters. The smallest absolute Gasteiger partial charge is 0.191 e. The van der Waals surface area contributed by atoms with Crippen LogP contribution in [0.1, 0.15) is 25.6 Å². The first kappa shape index (κ1) is 19.5. The van der Waals surface area contributed by atoms with Gasteiger partial charge in [0.1, 0.15) is 0 Å². The first-order valence-electron chi connectivity index (χ1n) is 8.60. The number of aliphatic imine (C=N–C) groups is 1. The zero-order chi connectivity index (χ0) is 17.4. The Morgan fingerprint density at radius 2 is 2.08 bits per heavy atom. The molecular formula is C17H29ClN4OS. The number of nitrogens with zero attached hydrogens (tertiary/aromatic N) is 2. The normalized spacial score (nSPS) is 17.1. The summed E-state index contributed by atoms with van der Waals surface area (Å²) >= 11 is 7.61. The van der Waals surface area contributed by atoms with Gasteiger partial charge in [-0.05, 0) is 39.3 Å². The van der Waals surface area contributed by atoms with Crippen LogP contribution in [0.5, 0.6) is 0 Å². The van der Waals surface area contributed by atoms with Crippen molar-refractivity contribution in [2.75, 3.05) is 45.9 Å². The van der Waals surface area contributed by atoms with E-state index in [1.54, 1.807) is 11.3 Å². The van der Waals surface area contributed by atoms with Gasteiger partial charge in [0.05, 0.1) is 24.1 Å². The molecule has 2 heterocycles.